The second-order valence-corrected chi connectivity index (χ2v) is 4.66. The molecule has 0 aliphatic rings. The van der Waals surface area contributed by atoms with Gasteiger partial charge in [0.1, 0.15) is 12.4 Å². The Kier molecular flexibility index (Phi) is 4.74. The maximum Gasteiger partial charge on any atom is 0.120 e. The molecule has 5 heteroatoms. The number of rotatable bonds is 5. The van der Waals surface area contributed by atoms with Crippen LogP contribution < -0.4 is 16.0 Å². The highest BCUT2D eigenvalue weighted by Gasteiger charge is 2.11. The molecule has 3 N–H and O–H groups in total. The number of hydrogen-bond acceptors (Lipinski definition) is 4. The minimum atomic E-state index is -0.118. The van der Waals surface area contributed by atoms with Gasteiger partial charge in [-0.1, -0.05) is 23.7 Å². The molecule has 1 atom stereocenters. The Labute approximate surface area is 117 Å². The van der Waals surface area contributed by atoms with Crippen molar-refractivity contribution in [2.45, 2.75) is 13.0 Å². The van der Waals surface area contributed by atoms with Crippen molar-refractivity contribution in [1.82, 2.24) is 10.4 Å². The van der Waals surface area contributed by atoms with Crippen LogP contribution in [0.4, 0.5) is 0 Å². The number of nitrogens with zero attached hydrogens (tertiary/aromatic N) is 1. The van der Waals surface area contributed by atoms with Gasteiger partial charge in [-0.2, -0.15) is 0 Å². The molecule has 0 amide bonds. The molecule has 0 aliphatic heterocycles. The molecule has 0 spiro atoms. The van der Waals surface area contributed by atoms with Crippen molar-refractivity contribution in [2.75, 3.05) is 6.61 Å². The summed E-state index contributed by atoms with van der Waals surface area (Å²) >= 11 is 5.90. The van der Waals surface area contributed by atoms with Gasteiger partial charge in [-0.05, 0) is 36.8 Å². The maximum atomic E-state index is 5.90. The van der Waals surface area contributed by atoms with Gasteiger partial charge in [0.2, 0.25) is 0 Å². The molecule has 100 valence electrons. The largest absolute Gasteiger partial charge is 0.492 e. The first kappa shape index (κ1) is 13.8. The van der Waals surface area contributed by atoms with Crippen LogP contribution >= 0.6 is 11.6 Å². The fourth-order valence-electron chi connectivity index (χ4n) is 1.66. The monoisotopic (exact) mass is 277 g/mol. The van der Waals surface area contributed by atoms with Gasteiger partial charge in [-0.3, -0.25) is 10.8 Å². The minimum absolute atomic E-state index is 0.118. The average Bonchev–Trinajstić information content (AvgIpc) is 2.41. The first-order chi connectivity index (χ1) is 9.19. The first-order valence-electron chi connectivity index (χ1n) is 5.96. The summed E-state index contributed by atoms with van der Waals surface area (Å²) in [5.74, 6) is 6.27. The molecule has 0 saturated heterocycles. The minimum Gasteiger partial charge on any atom is -0.492 e. The Morgan fingerprint density at radius 3 is 2.84 bits per heavy atom. The number of ether oxygens (including phenoxy) is 1. The van der Waals surface area contributed by atoms with E-state index in [0.29, 0.717) is 17.4 Å². The molecule has 1 heterocycles. The van der Waals surface area contributed by atoms with E-state index in [1.807, 2.05) is 31.2 Å². The summed E-state index contributed by atoms with van der Waals surface area (Å²) in [7, 11) is 0. The third-order valence-corrected chi connectivity index (χ3v) is 2.99. The van der Waals surface area contributed by atoms with E-state index < -0.39 is 0 Å². The van der Waals surface area contributed by atoms with Gasteiger partial charge < -0.3 is 4.74 Å². The molecule has 1 aromatic carbocycles. The molecule has 1 unspecified atom stereocenters. The quantitative estimate of drug-likeness (QED) is 0.651. The second kappa shape index (κ2) is 6.52. The predicted molar refractivity (Wildman–Crippen MR) is 76.0 cm³/mol. The lowest BCUT2D eigenvalue weighted by Crippen LogP contribution is -2.32. The number of halogens is 1. The Balaban J connectivity index is 2.01. The van der Waals surface area contributed by atoms with Crippen LogP contribution in [0.15, 0.2) is 42.6 Å². The van der Waals surface area contributed by atoms with Crippen LogP contribution in [-0.2, 0) is 0 Å². The van der Waals surface area contributed by atoms with Crippen LogP contribution in [0.2, 0.25) is 5.02 Å². The molecule has 0 saturated carbocycles. The Bertz CT molecular complexity index is 530. The highest BCUT2D eigenvalue weighted by molar-refractivity contribution is 6.30. The van der Waals surface area contributed by atoms with Crippen LogP contribution in [0, 0.1) is 6.92 Å². The van der Waals surface area contributed by atoms with E-state index in [4.69, 9.17) is 22.2 Å². The smallest absolute Gasteiger partial charge is 0.120 e. The van der Waals surface area contributed by atoms with Crippen LogP contribution in [0.25, 0.3) is 0 Å². The standard InChI is InChI=1S/C14H16ClN3O/c1-10-5-6-11(8-17-10)14(18-16)9-19-13-4-2-3-12(15)7-13/h2-8,14,18H,9,16H2,1H3. The number of hydrazine groups is 1. The fraction of sp³-hybridized carbons (Fsp3) is 0.214. The third kappa shape index (κ3) is 3.92. The molecule has 0 fully saturated rings. The molecule has 2 rings (SSSR count). The van der Waals surface area contributed by atoms with Crippen molar-refractivity contribution in [3.05, 3.63) is 58.9 Å². The van der Waals surface area contributed by atoms with E-state index in [1.54, 1.807) is 18.3 Å². The average molecular weight is 278 g/mol. The van der Waals surface area contributed by atoms with Crippen LogP contribution in [0.5, 0.6) is 5.75 Å². The number of nitrogens with two attached hydrogens (primary N) is 1. The molecule has 0 radical (unpaired) electrons. The number of aromatic nitrogens is 1. The van der Waals surface area contributed by atoms with Crippen molar-refractivity contribution in [2.24, 2.45) is 5.84 Å². The SMILES string of the molecule is Cc1ccc(C(COc2cccc(Cl)c2)NN)cn1. The lowest BCUT2D eigenvalue weighted by molar-refractivity contribution is 0.267. The zero-order chi connectivity index (χ0) is 13.7. The van der Waals surface area contributed by atoms with E-state index in [2.05, 4.69) is 10.4 Å². The summed E-state index contributed by atoms with van der Waals surface area (Å²) in [6, 6.07) is 11.1. The second-order valence-electron chi connectivity index (χ2n) is 4.22. The Hall–Kier alpha value is -1.62. The molecule has 19 heavy (non-hydrogen) atoms. The van der Waals surface area contributed by atoms with Gasteiger partial charge in [0.25, 0.3) is 0 Å². The van der Waals surface area contributed by atoms with Gasteiger partial charge in [0.15, 0.2) is 0 Å². The van der Waals surface area contributed by atoms with Gasteiger partial charge >= 0.3 is 0 Å². The zero-order valence-electron chi connectivity index (χ0n) is 10.6. The number of aryl methyl sites for hydroxylation is 1. The van der Waals surface area contributed by atoms with Crippen molar-refractivity contribution in [1.29, 1.82) is 0 Å². The lowest BCUT2D eigenvalue weighted by atomic mass is 10.1. The molecule has 0 aliphatic carbocycles. The number of hydrogen-bond donors (Lipinski definition) is 2. The van der Waals surface area contributed by atoms with Crippen molar-refractivity contribution in [3.8, 4) is 5.75 Å². The zero-order valence-corrected chi connectivity index (χ0v) is 11.4. The van der Waals surface area contributed by atoms with Gasteiger partial charge in [0, 0.05) is 16.9 Å². The highest BCUT2D eigenvalue weighted by atomic mass is 35.5. The summed E-state index contributed by atoms with van der Waals surface area (Å²) in [6.07, 6.45) is 1.79. The van der Waals surface area contributed by atoms with E-state index in [9.17, 15) is 0 Å². The summed E-state index contributed by atoms with van der Waals surface area (Å²) in [6.45, 7) is 2.35. The van der Waals surface area contributed by atoms with Gasteiger partial charge in [-0.15, -0.1) is 0 Å². The van der Waals surface area contributed by atoms with Gasteiger partial charge in [-0.25, -0.2) is 5.43 Å². The number of benzene rings is 1. The van der Waals surface area contributed by atoms with Crippen molar-refractivity contribution >= 4 is 11.6 Å². The van der Waals surface area contributed by atoms with Crippen molar-refractivity contribution < 1.29 is 4.74 Å². The fourth-order valence-corrected chi connectivity index (χ4v) is 1.84. The summed E-state index contributed by atoms with van der Waals surface area (Å²) in [5, 5.41) is 0.645. The Morgan fingerprint density at radius 1 is 1.37 bits per heavy atom. The molecule has 4 nitrogen and oxygen atoms in total. The number of nitrogens with one attached hydrogen (secondary N) is 1. The molecule has 0 bridgehead atoms. The van der Waals surface area contributed by atoms with Gasteiger partial charge in [0.05, 0.1) is 6.04 Å². The van der Waals surface area contributed by atoms with E-state index in [1.165, 1.54) is 0 Å². The van der Waals surface area contributed by atoms with E-state index in [-0.39, 0.29) is 6.04 Å². The maximum absolute atomic E-state index is 5.90. The Morgan fingerprint density at radius 2 is 2.21 bits per heavy atom. The highest BCUT2D eigenvalue weighted by Crippen LogP contribution is 2.19. The summed E-state index contributed by atoms with van der Waals surface area (Å²) in [5.41, 5.74) is 4.67. The lowest BCUT2D eigenvalue weighted by Gasteiger charge is -2.17. The van der Waals surface area contributed by atoms with E-state index >= 15 is 0 Å². The topological polar surface area (TPSA) is 60.2 Å². The molecule has 2 aromatic rings. The number of pyridine rings is 1. The molecule has 1 aromatic heterocycles. The molecular weight excluding hydrogens is 262 g/mol. The summed E-state index contributed by atoms with van der Waals surface area (Å²) in [4.78, 5) is 4.24. The van der Waals surface area contributed by atoms with Crippen LogP contribution in [0.3, 0.4) is 0 Å². The normalized spacial score (nSPS) is 12.2. The molecular formula is C14H16ClN3O. The predicted octanol–water partition coefficient (Wildman–Crippen LogP) is 2.63. The summed E-state index contributed by atoms with van der Waals surface area (Å²) < 4.78 is 5.67. The van der Waals surface area contributed by atoms with Crippen LogP contribution in [-0.4, -0.2) is 11.6 Å². The van der Waals surface area contributed by atoms with Crippen LogP contribution in [0.1, 0.15) is 17.3 Å². The van der Waals surface area contributed by atoms with E-state index in [0.717, 1.165) is 11.3 Å². The first-order valence-corrected chi connectivity index (χ1v) is 6.34. The van der Waals surface area contributed by atoms with Crippen molar-refractivity contribution in [3.63, 3.8) is 0 Å². The third-order valence-electron chi connectivity index (χ3n) is 2.75.